The van der Waals surface area contributed by atoms with Gasteiger partial charge in [0.25, 0.3) is 0 Å². The summed E-state index contributed by atoms with van der Waals surface area (Å²) in [6.07, 6.45) is 6.03. The third-order valence-corrected chi connectivity index (χ3v) is 3.48. The first-order valence-electron chi connectivity index (χ1n) is 6.98. The quantitative estimate of drug-likeness (QED) is 0.861. The van der Waals surface area contributed by atoms with E-state index in [1.54, 1.807) is 0 Å². The maximum Gasteiger partial charge on any atom is 0.110 e. The summed E-state index contributed by atoms with van der Waals surface area (Å²) in [7, 11) is 2.01. The molecule has 2 rings (SSSR count). The van der Waals surface area contributed by atoms with Crippen molar-refractivity contribution in [3.05, 3.63) is 53.6 Å². The predicted molar refractivity (Wildman–Crippen MR) is 79.2 cm³/mol. The molecule has 0 fully saturated rings. The summed E-state index contributed by atoms with van der Waals surface area (Å²) in [6, 6.07) is 9.04. The molecule has 19 heavy (non-hydrogen) atoms. The Balaban J connectivity index is 2.14. The number of likely N-dealkylation sites (N-methyl/N-ethyl adjacent to an activating group) is 1. The van der Waals surface area contributed by atoms with E-state index in [1.165, 1.54) is 11.1 Å². The van der Waals surface area contributed by atoms with Crippen molar-refractivity contribution >= 4 is 0 Å². The third-order valence-electron chi connectivity index (χ3n) is 3.48. The molecular formula is C16H23N3. The van der Waals surface area contributed by atoms with Gasteiger partial charge in [0.05, 0.1) is 0 Å². The van der Waals surface area contributed by atoms with Crippen LogP contribution in [0.3, 0.4) is 0 Å². The van der Waals surface area contributed by atoms with Crippen molar-refractivity contribution in [3.8, 4) is 0 Å². The van der Waals surface area contributed by atoms with Crippen LogP contribution in [-0.4, -0.2) is 16.6 Å². The lowest BCUT2D eigenvalue weighted by Crippen LogP contribution is -2.20. The van der Waals surface area contributed by atoms with Crippen LogP contribution in [0.4, 0.5) is 0 Å². The van der Waals surface area contributed by atoms with Gasteiger partial charge >= 0.3 is 0 Å². The fourth-order valence-corrected chi connectivity index (χ4v) is 2.34. The summed E-state index contributed by atoms with van der Waals surface area (Å²) in [5, 5.41) is 3.39. The molecule has 1 atom stereocenters. The number of hydrogen-bond donors (Lipinski definition) is 1. The molecule has 3 nitrogen and oxygen atoms in total. The third kappa shape index (κ3) is 3.44. The van der Waals surface area contributed by atoms with E-state index in [4.69, 9.17) is 0 Å². The number of imidazole rings is 1. The molecule has 0 aliphatic rings. The minimum atomic E-state index is 0.318. The fraction of sp³-hybridized carbons (Fsp3) is 0.438. The van der Waals surface area contributed by atoms with Crippen LogP contribution in [0, 0.1) is 6.92 Å². The standard InChI is InChI=1S/C16H23N3/c1-4-10-19-11-9-18-16(19)12-15(17-3)14-7-5-13(2)6-8-14/h5-9,11,15,17H,4,10,12H2,1-3H3. The molecule has 1 unspecified atom stereocenters. The van der Waals surface area contributed by atoms with Crippen molar-refractivity contribution < 1.29 is 0 Å². The zero-order chi connectivity index (χ0) is 13.7. The molecule has 102 valence electrons. The molecule has 2 aromatic rings. The van der Waals surface area contributed by atoms with Crippen LogP contribution in [-0.2, 0) is 13.0 Å². The number of rotatable bonds is 6. The molecule has 0 amide bonds. The van der Waals surface area contributed by atoms with Gasteiger partial charge in [0, 0.05) is 31.4 Å². The summed E-state index contributed by atoms with van der Waals surface area (Å²) >= 11 is 0. The number of hydrogen-bond acceptors (Lipinski definition) is 2. The Labute approximate surface area is 115 Å². The van der Waals surface area contributed by atoms with Gasteiger partial charge in [0.1, 0.15) is 5.82 Å². The van der Waals surface area contributed by atoms with Gasteiger partial charge in [-0.25, -0.2) is 4.98 Å². The van der Waals surface area contributed by atoms with Crippen molar-refractivity contribution in [2.45, 2.75) is 39.3 Å². The first-order valence-corrected chi connectivity index (χ1v) is 6.98. The van der Waals surface area contributed by atoms with Crippen molar-refractivity contribution in [2.75, 3.05) is 7.05 Å². The number of benzene rings is 1. The summed E-state index contributed by atoms with van der Waals surface area (Å²) < 4.78 is 2.25. The van der Waals surface area contributed by atoms with E-state index < -0.39 is 0 Å². The van der Waals surface area contributed by atoms with E-state index in [0.29, 0.717) is 6.04 Å². The minimum absolute atomic E-state index is 0.318. The van der Waals surface area contributed by atoms with Crippen LogP contribution in [0.2, 0.25) is 0 Å². The Morgan fingerprint density at radius 3 is 2.63 bits per heavy atom. The van der Waals surface area contributed by atoms with Gasteiger partial charge in [0.15, 0.2) is 0 Å². The minimum Gasteiger partial charge on any atom is -0.335 e. The van der Waals surface area contributed by atoms with E-state index in [-0.39, 0.29) is 0 Å². The van der Waals surface area contributed by atoms with Gasteiger partial charge in [-0.1, -0.05) is 36.8 Å². The molecule has 1 N–H and O–H groups in total. The number of nitrogens with zero attached hydrogens (tertiary/aromatic N) is 2. The van der Waals surface area contributed by atoms with E-state index in [0.717, 1.165) is 25.2 Å². The lowest BCUT2D eigenvalue weighted by Gasteiger charge is -2.17. The molecule has 0 saturated heterocycles. The lowest BCUT2D eigenvalue weighted by atomic mass is 10.0. The average Bonchev–Trinajstić information content (AvgIpc) is 2.85. The molecule has 3 heteroatoms. The normalized spacial score (nSPS) is 12.6. The topological polar surface area (TPSA) is 29.9 Å². The van der Waals surface area contributed by atoms with Crippen LogP contribution < -0.4 is 5.32 Å². The monoisotopic (exact) mass is 257 g/mol. The summed E-state index contributed by atoms with van der Waals surface area (Å²) in [5.41, 5.74) is 2.62. The molecule has 0 spiro atoms. The zero-order valence-electron chi connectivity index (χ0n) is 12.1. The second kappa shape index (κ2) is 6.53. The predicted octanol–water partition coefficient (Wildman–Crippen LogP) is 3.10. The Morgan fingerprint density at radius 2 is 2.00 bits per heavy atom. The fourth-order valence-electron chi connectivity index (χ4n) is 2.34. The van der Waals surface area contributed by atoms with Gasteiger partial charge in [-0.15, -0.1) is 0 Å². The van der Waals surface area contributed by atoms with Crippen molar-refractivity contribution in [3.63, 3.8) is 0 Å². The summed E-state index contributed by atoms with van der Waals surface area (Å²) in [6.45, 7) is 5.35. The highest BCUT2D eigenvalue weighted by molar-refractivity contribution is 5.24. The molecule has 0 aliphatic carbocycles. The number of nitrogens with one attached hydrogen (secondary N) is 1. The maximum atomic E-state index is 4.49. The van der Waals surface area contributed by atoms with Gasteiger partial charge in [-0.2, -0.15) is 0 Å². The molecule has 0 aliphatic heterocycles. The van der Waals surface area contributed by atoms with E-state index in [9.17, 15) is 0 Å². The highest BCUT2D eigenvalue weighted by atomic mass is 15.1. The molecule has 1 heterocycles. The van der Waals surface area contributed by atoms with E-state index in [2.05, 4.69) is 59.2 Å². The van der Waals surface area contributed by atoms with Crippen LogP contribution >= 0.6 is 0 Å². The molecule has 0 bridgehead atoms. The smallest absolute Gasteiger partial charge is 0.110 e. The Morgan fingerprint density at radius 1 is 1.26 bits per heavy atom. The largest absolute Gasteiger partial charge is 0.335 e. The second-order valence-electron chi connectivity index (χ2n) is 4.99. The van der Waals surface area contributed by atoms with Gasteiger partial charge in [-0.3, -0.25) is 0 Å². The average molecular weight is 257 g/mol. The van der Waals surface area contributed by atoms with Crippen molar-refractivity contribution in [2.24, 2.45) is 0 Å². The highest BCUT2D eigenvalue weighted by Crippen LogP contribution is 2.18. The Hall–Kier alpha value is -1.61. The van der Waals surface area contributed by atoms with E-state index in [1.807, 2.05) is 13.2 Å². The van der Waals surface area contributed by atoms with Crippen molar-refractivity contribution in [1.29, 1.82) is 0 Å². The summed E-state index contributed by atoms with van der Waals surface area (Å²) in [4.78, 5) is 4.49. The molecule has 0 radical (unpaired) electrons. The highest BCUT2D eigenvalue weighted by Gasteiger charge is 2.13. The summed E-state index contributed by atoms with van der Waals surface area (Å²) in [5.74, 6) is 1.15. The lowest BCUT2D eigenvalue weighted by molar-refractivity contribution is 0.543. The molecule has 1 aromatic carbocycles. The van der Waals surface area contributed by atoms with Crippen molar-refractivity contribution in [1.82, 2.24) is 14.9 Å². The molecule has 0 saturated carbocycles. The Kier molecular flexibility index (Phi) is 4.74. The maximum absolute atomic E-state index is 4.49. The Bertz CT molecular complexity index is 499. The molecule has 1 aromatic heterocycles. The van der Waals surface area contributed by atoms with Gasteiger partial charge in [0.2, 0.25) is 0 Å². The first-order chi connectivity index (χ1) is 9.24. The zero-order valence-corrected chi connectivity index (χ0v) is 12.1. The van der Waals surface area contributed by atoms with Gasteiger partial charge < -0.3 is 9.88 Å². The first kappa shape index (κ1) is 13.8. The second-order valence-corrected chi connectivity index (χ2v) is 4.99. The number of aryl methyl sites for hydroxylation is 2. The SMILES string of the molecule is CCCn1ccnc1CC(NC)c1ccc(C)cc1. The molecular weight excluding hydrogens is 234 g/mol. The van der Waals surface area contributed by atoms with Crippen LogP contribution in [0.1, 0.15) is 36.3 Å². The van der Waals surface area contributed by atoms with Gasteiger partial charge in [-0.05, 0) is 26.0 Å². The van der Waals surface area contributed by atoms with Crippen LogP contribution in [0.5, 0.6) is 0 Å². The van der Waals surface area contributed by atoms with Crippen LogP contribution in [0.25, 0.3) is 0 Å². The van der Waals surface area contributed by atoms with Crippen LogP contribution in [0.15, 0.2) is 36.7 Å². The van der Waals surface area contributed by atoms with E-state index >= 15 is 0 Å². The number of aromatic nitrogens is 2.